The first-order valence-electron chi connectivity index (χ1n) is 21.0. The molecule has 5 aliphatic rings. The van der Waals surface area contributed by atoms with Gasteiger partial charge in [-0.15, -0.1) is 0 Å². The van der Waals surface area contributed by atoms with Gasteiger partial charge >= 0.3 is 6.09 Å². The van der Waals surface area contributed by atoms with E-state index in [0.717, 1.165) is 4.90 Å². The van der Waals surface area contributed by atoms with Crippen LogP contribution in [0.4, 0.5) is 22.4 Å². The maximum absolute atomic E-state index is 16.4. The minimum absolute atomic E-state index is 0.0468. The van der Waals surface area contributed by atoms with Crippen LogP contribution in [0, 0.1) is 23.2 Å². The first-order chi connectivity index (χ1) is 28.3. The molecule has 2 bridgehead atoms. The highest BCUT2D eigenvalue weighted by Gasteiger charge is 2.68. The SMILES string of the molecule is CC[C@@H]1[C@@H]2CN(C(=O)[C@H](C(C)(C)C)NC(=O)O[C@@H]3C[C@H]3CCCCC(F)(F)c3nc4ccc(OC)cc4nc3O2)[C@@H]1C(=O)N[C@]1(C(=O)NS(C)(C)(=O)C2(C)CC2)C[C@H]1C(F)F. The zero-order chi connectivity index (χ0) is 44.7. The summed E-state index contributed by atoms with van der Waals surface area (Å²) in [7, 11) is -2.52. The van der Waals surface area contributed by atoms with Gasteiger partial charge in [-0.25, -0.2) is 23.5 Å². The first-order valence-corrected chi connectivity index (χ1v) is 23.8. The highest BCUT2D eigenvalue weighted by Crippen LogP contribution is 2.54. The number of hydrogen-bond donors (Lipinski definition) is 3. The van der Waals surface area contributed by atoms with Gasteiger partial charge in [-0.05, 0) is 84.6 Å². The van der Waals surface area contributed by atoms with E-state index < -0.39 is 122 Å². The van der Waals surface area contributed by atoms with Gasteiger partial charge in [0.1, 0.15) is 35.6 Å². The van der Waals surface area contributed by atoms with Crippen molar-refractivity contribution in [3.8, 4) is 11.6 Å². The number of nitrogens with zero attached hydrogens (tertiary/aromatic N) is 3. The van der Waals surface area contributed by atoms with E-state index in [9.17, 15) is 32.2 Å². The third-order valence-electron chi connectivity index (χ3n) is 13.7. The maximum Gasteiger partial charge on any atom is 0.408 e. The number of alkyl halides is 4. The molecule has 2 aliphatic heterocycles. The van der Waals surface area contributed by atoms with Crippen molar-refractivity contribution in [1.82, 2.24) is 30.2 Å². The largest absolute Gasteiger partial charge is 0.497 e. The summed E-state index contributed by atoms with van der Waals surface area (Å²) in [5.41, 5.74) is -3.54. The van der Waals surface area contributed by atoms with E-state index in [-0.39, 0.29) is 36.3 Å². The number of carbonyl (C=O) groups is 4. The lowest BCUT2D eigenvalue weighted by atomic mass is 9.85. The molecule has 7 rings (SSSR count). The predicted molar refractivity (Wildman–Crippen MR) is 218 cm³/mol. The summed E-state index contributed by atoms with van der Waals surface area (Å²) >= 11 is 0. The van der Waals surface area contributed by atoms with E-state index >= 15 is 8.78 Å². The molecule has 0 radical (unpaired) electrons. The molecule has 1 saturated heterocycles. The van der Waals surface area contributed by atoms with E-state index in [1.165, 1.54) is 31.8 Å². The number of nitrogens with one attached hydrogen (secondary N) is 3. The second-order valence-corrected chi connectivity index (χ2v) is 24.4. The highest BCUT2D eigenvalue weighted by molar-refractivity contribution is 8.18. The Morgan fingerprint density at radius 1 is 1.07 bits per heavy atom. The molecule has 0 spiro atoms. The van der Waals surface area contributed by atoms with Gasteiger partial charge in [-0.2, -0.15) is 8.78 Å². The highest BCUT2D eigenvalue weighted by atomic mass is 32.3. The number of fused-ring (bicyclic) bond motifs is 5. The molecular weight excluding hydrogens is 825 g/mol. The zero-order valence-corrected chi connectivity index (χ0v) is 36.8. The van der Waals surface area contributed by atoms with Crippen LogP contribution in [-0.4, -0.2) is 110 Å². The van der Waals surface area contributed by atoms with Crippen LogP contribution in [0.2, 0.25) is 0 Å². The van der Waals surface area contributed by atoms with Crippen LogP contribution >= 0.6 is 0 Å². The molecule has 4 fully saturated rings. The molecule has 8 atom stereocenters. The van der Waals surface area contributed by atoms with Crippen LogP contribution in [0.1, 0.15) is 98.1 Å². The van der Waals surface area contributed by atoms with E-state index in [2.05, 4.69) is 25.3 Å². The molecule has 338 valence electrons. The average molecular weight is 883 g/mol. The number of benzene rings is 1. The summed E-state index contributed by atoms with van der Waals surface area (Å²) in [6.45, 7) is 8.14. The maximum atomic E-state index is 16.4. The second-order valence-electron chi connectivity index (χ2n) is 19.5. The minimum Gasteiger partial charge on any atom is -0.497 e. The van der Waals surface area contributed by atoms with Gasteiger partial charge in [0, 0.05) is 35.7 Å². The number of methoxy groups -OCH3 is 1. The summed E-state index contributed by atoms with van der Waals surface area (Å²) in [6.07, 6.45) is -1.06. The Morgan fingerprint density at radius 2 is 1.77 bits per heavy atom. The topological polar surface area (TPSA) is 178 Å². The van der Waals surface area contributed by atoms with Crippen LogP contribution in [0.25, 0.3) is 11.0 Å². The molecule has 1 aromatic carbocycles. The summed E-state index contributed by atoms with van der Waals surface area (Å²) in [5.74, 6) is -9.11. The molecule has 3 N–H and O–H groups in total. The fraction of sp³-hybridized carbons (Fsp3) is 0.714. The summed E-state index contributed by atoms with van der Waals surface area (Å²) in [6, 6.07) is 1.76. The van der Waals surface area contributed by atoms with Gasteiger partial charge in [-0.3, -0.25) is 23.3 Å². The van der Waals surface area contributed by atoms with Crippen LogP contribution < -0.4 is 24.8 Å². The van der Waals surface area contributed by atoms with E-state index in [0.29, 0.717) is 37.9 Å². The smallest absolute Gasteiger partial charge is 0.408 e. The summed E-state index contributed by atoms with van der Waals surface area (Å²) in [4.78, 5) is 67.2. The lowest BCUT2D eigenvalue weighted by Crippen LogP contribution is -2.64. The van der Waals surface area contributed by atoms with Gasteiger partial charge in [-0.1, -0.05) is 34.1 Å². The van der Waals surface area contributed by atoms with E-state index in [1.807, 2.05) is 0 Å². The number of alkyl carbamates (subject to hydrolysis) is 1. The van der Waals surface area contributed by atoms with Crippen LogP contribution in [0.5, 0.6) is 11.6 Å². The second kappa shape index (κ2) is 15.2. The molecule has 2 aromatic rings. The van der Waals surface area contributed by atoms with Crippen LogP contribution in [-0.2, 0) is 34.3 Å². The van der Waals surface area contributed by atoms with Gasteiger partial charge in [0.15, 0.2) is 5.69 Å². The number of carbonyl (C=O) groups excluding carboxylic acids is 4. The Morgan fingerprint density at radius 3 is 2.38 bits per heavy atom. The minimum atomic E-state index is -3.95. The number of aromatic nitrogens is 2. The number of hydrogen-bond acceptors (Lipinski definition) is 10. The number of ether oxygens (including phenoxy) is 3. The zero-order valence-electron chi connectivity index (χ0n) is 35.9. The Hall–Kier alpha value is -4.29. The standard InChI is InChI=1S/C42H58F4N6O8S/c1-9-24-29-21-52(30(24)34(53)50-41(20-25(41)33(43)44)37(55)51-61(7,8,57)40(5)16-17-40)36(54)32(39(2,3)4)49-38(56)60-28-18-22(28)12-10-11-15-42(45,46)31-35(59-29)48-27-19-23(58-6)13-14-26(27)47-31/h13-14,19,22,24-25,28-30,32-33H,9-12,15-18,20-21H2,1-8H3,(H,49,56)(H,50,53)(H,51,55,57)/t22-,24-,25+,28-,29+,30+,32-,41-/m1/s1. The lowest BCUT2D eigenvalue weighted by molar-refractivity contribution is -0.144. The number of rotatable bonds is 8. The van der Waals surface area contributed by atoms with Crippen molar-refractivity contribution in [1.29, 1.82) is 0 Å². The van der Waals surface area contributed by atoms with Gasteiger partial charge in [0.2, 0.25) is 24.1 Å². The van der Waals surface area contributed by atoms with E-state index in [1.54, 1.807) is 40.7 Å². The average Bonchev–Trinajstić information content (AvgIpc) is 4.12. The van der Waals surface area contributed by atoms with Crippen molar-refractivity contribution in [3.63, 3.8) is 0 Å². The monoisotopic (exact) mass is 882 g/mol. The Balaban J connectivity index is 1.30. The van der Waals surface area contributed by atoms with Gasteiger partial charge in [0.05, 0.1) is 30.6 Å². The quantitative estimate of drug-likeness (QED) is 0.282. The van der Waals surface area contributed by atoms with Crippen LogP contribution in [0.15, 0.2) is 18.2 Å². The Kier molecular flexibility index (Phi) is 11.2. The normalized spacial score (nSPS) is 31.7. The third kappa shape index (κ3) is 8.47. The van der Waals surface area contributed by atoms with Crippen molar-refractivity contribution in [2.75, 3.05) is 26.2 Å². The molecule has 14 nitrogen and oxygen atoms in total. The number of amides is 4. The molecule has 3 aliphatic carbocycles. The van der Waals surface area contributed by atoms with Crippen molar-refractivity contribution >= 4 is 44.1 Å². The molecular formula is C42H58F4N6O8S. The van der Waals surface area contributed by atoms with Gasteiger partial charge < -0.3 is 29.7 Å². The Bertz CT molecular complexity index is 2180. The van der Waals surface area contributed by atoms with Crippen molar-refractivity contribution in [2.45, 2.75) is 139 Å². The molecule has 3 saturated carbocycles. The molecule has 19 heteroatoms. The third-order valence-corrected chi connectivity index (χ3v) is 17.8. The van der Waals surface area contributed by atoms with Crippen LogP contribution in [0.3, 0.4) is 0 Å². The fourth-order valence-corrected chi connectivity index (χ4v) is 11.2. The molecule has 4 amide bonds. The van der Waals surface area contributed by atoms with Crippen molar-refractivity contribution < 1.29 is 55.2 Å². The summed E-state index contributed by atoms with van der Waals surface area (Å²) in [5, 5.41) is 5.26. The van der Waals surface area contributed by atoms with E-state index in [4.69, 9.17) is 14.2 Å². The predicted octanol–water partition coefficient (Wildman–Crippen LogP) is 5.62. The molecule has 61 heavy (non-hydrogen) atoms. The first kappa shape index (κ1) is 44.8. The fourth-order valence-electron chi connectivity index (χ4n) is 8.90. The van der Waals surface area contributed by atoms with Crippen molar-refractivity contribution in [3.05, 3.63) is 23.9 Å². The van der Waals surface area contributed by atoms with Crippen molar-refractivity contribution in [2.24, 2.45) is 23.2 Å². The summed E-state index contributed by atoms with van der Waals surface area (Å²) < 4.78 is 95.3. The molecule has 1 aromatic heterocycles. The molecule has 3 heterocycles. The van der Waals surface area contributed by atoms with Gasteiger partial charge in [0.25, 0.3) is 11.8 Å². The number of halogens is 4. The Labute approximate surface area is 352 Å². The molecule has 0 unspecified atom stereocenters. The lowest BCUT2D eigenvalue weighted by Gasteiger charge is -2.43.